The summed E-state index contributed by atoms with van der Waals surface area (Å²) in [4.78, 5) is 14.5. The first-order valence-electron chi connectivity index (χ1n) is 10.3. The highest BCUT2D eigenvalue weighted by Gasteiger charge is 2.15. The zero-order valence-electron chi connectivity index (χ0n) is 18.6. The summed E-state index contributed by atoms with van der Waals surface area (Å²) in [5, 5.41) is 16.4. The number of carbonyl (C=O) groups excluding carboxylic acids is 1. The molecule has 4 rings (SSSR count). The lowest BCUT2D eigenvalue weighted by Gasteiger charge is -2.09. The zero-order valence-corrected chi connectivity index (χ0v) is 20.3. The molecule has 0 saturated carbocycles. The molecular formula is C25H26Cl2N6O2. The number of ether oxygens (including phenoxy) is 1. The Kier molecular flexibility index (Phi) is 8.88. The maximum atomic E-state index is 11.1. The van der Waals surface area contributed by atoms with Crippen molar-refractivity contribution in [2.24, 2.45) is 17.2 Å². The molecule has 1 amide bonds. The third-order valence-electron chi connectivity index (χ3n) is 5.36. The molecule has 0 saturated heterocycles. The molecule has 0 unspecified atom stereocenters. The van der Waals surface area contributed by atoms with Crippen molar-refractivity contribution in [1.29, 1.82) is 10.8 Å². The number of nitrogens with one attached hydrogen (secondary N) is 3. The second kappa shape index (κ2) is 11.4. The van der Waals surface area contributed by atoms with E-state index < -0.39 is 5.91 Å². The molecule has 3 aromatic carbocycles. The van der Waals surface area contributed by atoms with Gasteiger partial charge in [-0.2, -0.15) is 0 Å². The molecule has 35 heavy (non-hydrogen) atoms. The molecular weight excluding hydrogens is 487 g/mol. The van der Waals surface area contributed by atoms with Crippen LogP contribution in [0.1, 0.15) is 22.3 Å². The number of aromatic amines is 1. The first-order chi connectivity index (χ1) is 15.8. The van der Waals surface area contributed by atoms with Crippen molar-refractivity contribution in [2.45, 2.75) is 6.42 Å². The fourth-order valence-corrected chi connectivity index (χ4v) is 3.77. The molecule has 0 radical (unpaired) electrons. The summed E-state index contributed by atoms with van der Waals surface area (Å²) in [5.41, 5.74) is 22.5. The molecule has 1 aromatic heterocycles. The van der Waals surface area contributed by atoms with Crippen molar-refractivity contribution in [1.82, 2.24) is 4.98 Å². The smallest absolute Gasteiger partial charge is 0.255 e. The predicted molar refractivity (Wildman–Crippen MR) is 144 cm³/mol. The van der Waals surface area contributed by atoms with E-state index in [1.807, 2.05) is 60.7 Å². The molecule has 0 aliphatic rings. The minimum Gasteiger partial charge on any atom is -0.484 e. The SMILES string of the molecule is Cl.Cl.N=C(N)c1ccc(-c2[nH]c3cc(C(=N)N)ccc3c2Cc2cccc(OCC(N)=O)c2)cc1. The van der Waals surface area contributed by atoms with E-state index in [-0.39, 0.29) is 43.1 Å². The van der Waals surface area contributed by atoms with Crippen molar-refractivity contribution in [3.05, 3.63) is 89.0 Å². The van der Waals surface area contributed by atoms with Crippen molar-refractivity contribution in [2.75, 3.05) is 6.61 Å². The number of H-pyrrole nitrogens is 1. The number of nitrogen functional groups attached to an aromatic ring is 2. The Bertz CT molecular complexity index is 1380. The van der Waals surface area contributed by atoms with Crippen LogP contribution in [-0.2, 0) is 11.2 Å². The molecule has 10 heteroatoms. The average molecular weight is 513 g/mol. The Hall–Kier alpha value is -4.01. The molecule has 0 fully saturated rings. The van der Waals surface area contributed by atoms with E-state index in [0.29, 0.717) is 23.3 Å². The molecule has 4 aromatic rings. The summed E-state index contributed by atoms with van der Waals surface area (Å²) < 4.78 is 5.46. The van der Waals surface area contributed by atoms with Gasteiger partial charge in [0.25, 0.3) is 5.91 Å². The normalized spacial score (nSPS) is 10.2. The summed E-state index contributed by atoms with van der Waals surface area (Å²) in [6, 6.07) is 20.6. The molecule has 0 spiro atoms. The van der Waals surface area contributed by atoms with Crippen LogP contribution >= 0.6 is 24.8 Å². The Morgan fingerprint density at radius 1 is 0.857 bits per heavy atom. The number of halogens is 2. The summed E-state index contributed by atoms with van der Waals surface area (Å²) in [6.07, 6.45) is 0.594. The molecule has 9 N–H and O–H groups in total. The number of fused-ring (bicyclic) bond motifs is 1. The molecule has 8 nitrogen and oxygen atoms in total. The fourth-order valence-electron chi connectivity index (χ4n) is 3.77. The quantitative estimate of drug-likeness (QED) is 0.156. The van der Waals surface area contributed by atoms with Gasteiger partial charge in [-0.25, -0.2) is 0 Å². The van der Waals surface area contributed by atoms with E-state index in [0.717, 1.165) is 33.3 Å². The maximum Gasteiger partial charge on any atom is 0.255 e. The van der Waals surface area contributed by atoms with Gasteiger partial charge < -0.3 is 26.9 Å². The minimum atomic E-state index is -0.533. The van der Waals surface area contributed by atoms with Crippen LogP contribution in [0.2, 0.25) is 0 Å². The largest absolute Gasteiger partial charge is 0.484 e. The lowest BCUT2D eigenvalue weighted by atomic mass is 9.97. The zero-order chi connectivity index (χ0) is 23.5. The number of benzene rings is 3. The van der Waals surface area contributed by atoms with Crippen molar-refractivity contribution < 1.29 is 9.53 Å². The van der Waals surface area contributed by atoms with E-state index in [1.54, 1.807) is 6.07 Å². The topological polar surface area (TPSA) is 168 Å². The van der Waals surface area contributed by atoms with E-state index in [1.165, 1.54) is 0 Å². The number of rotatable bonds is 8. The summed E-state index contributed by atoms with van der Waals surface area (Å²) in [6.45, 7) is -0.182. The van der Waals surface area contributed by atoms with Crippen molar-refractivity contribution >= 4 is 53.3 Å². The van der Waals surface area contributed by atoms with Crippen molar-refractivity contribution in [3.8, 4) is 17.0 Å². The minimum absolute atomic E-state index is 0. The third-order valence-corrected chi connectivity index (χ3v) is 5.36. The van der Waals surface area contributed by atoms with Gasteiger partial charge in [-0.3, -0.25) is 15.6 Å². The number of nitrogens with two attached hydrogens (primary N) is 3. The number of amidine groups is 2. The number of primary amides is 1. The number of amides is 1. The lowest BCUT2D eigenvalue weighted by Crippen LogP contribution is -2.20. The van der Waals surface area contributed by atoms with Crippen LogP contribution in [0.3, 0.4) is 0 Å². The van der Waals surface area contributed by atoms with Crippen LogP contribution in [0, 0.1) is 10.8 Å². The molecule has 0 bridgehead atoms. The van der Waals surface area contributed by atoms with Gasteiger partial charge in [0.05, 0.1) is 5.69 Å². The van der Waals surface area contributed by atoms with Gasteiger partial charge in [0.1, 0.15) is 17.4 Å². The van der Waals surface area contributed by atoms with Gasteiger partial charge in [-0.1, -0.05) is 48.5 Å². The summed E-state index contributed by atoms with van der Waals surface area (Å²) in [7, 11) is 0. The average Bonchev–Trinajstić information content (AvgIpc) is 3.15. The van der Waals surface area contributed by atoms with Crippen LogP contribution in [0.4, 0.5) is 0 Å². The Morgan fingerprint density at radius 3 is 2.14 bits per heavy atom. The molecule has 0 aliphatic carbocycles. The summed E-state index contributed by atoms with van der Waals surface area (Å²) in [5.74, 6) is 0.0453. The monoisotopic (exact) mass is 512 g/mol. The first kappa shape index (κ1) is 27.2. The molecule has 1 heterocycles. The van der Waals surface area contributed by atoms with E-state index in [2.05, 4.69) is 4.98 Å². The van der Waals surface area contributed by atoms with E-state index in [9.17, 15) is 4.79 Å². The third kappa shape index (κ3) is 6.11. The highest BCUT2D eigenvalue weighted by Crippen LogP contribution is 2.33. The summed E-state index contributed by atoms with van der Waals surface area (Å²) >= 11 is 0. The fraction of sp³-hybridized carbons (Fsp3) is 0.0800. The standard InChI is InChI=1S/C25H24N6O2.2ClH/c26-22(32)13-33-18-3-1-2-14(10-18)11-20-19-9-8-17(25(29)30)12-21(19)31-23(20)15-4-6-16(7-5-15)24(27)28;;/h1-10,12,31H,11,13H2,(H2,26,32)(H3,27,28)(H3,29,30);2*1H. The molecule has 0 atom stereocenters. The molecule has 0 aliphatic heterocycles. The van der Waals surface area contributed by atoms with Gasteiger partial charge in [0.2, 0.25) is 0 Å². The van der Waals surface area contributed by atoms with Gasteiger partial charge >= 0.3 is 0 Å². The maximum absolute atomic E-state index is 11.1. The highest BCUT2D eigenvalue weighted by molar-refractivity contribution is 6.01. The van der Waals surface area contributed by atoms with Gasteiger partial charge in [-0.15, -0.1) is 24.8 Å². The van der Waals surface area contributed by atoms with Crippen LogP contribution in [0.15, 0.2) is 66.7 Å². The Morgan fingerprint density at radius 2 is 1.51 bits per heavy atom. The second-order valence-electron chi connectivity index (χ2n) is 7.72. The predicted octanol–water partition coefficient (Wildman–Crippen LogP) is 3.70. The molecule has 182 valence electrons. The van der Waals surface area contributed by atoms with Crippen molar-refractivity contribution in [3.63, 3.8) is 0 Å². The Balaban J connectivity index is 0.00000216. The number of hydrogen-bond acceptors (Lipinski definition) is 4. The lowest BCUT2D eigenvalue weighted by molar-refractivity contribution is -0.119. The second-order valence-corrected chi connectivity index (χ2v) is 7.72. The van der Waals surface area contributed by atoms with E-state index in [4.69, 9.17) is 32.8 Å². The first-order valence-corrected chi connectivity index (χ1v) is 10.3. The van der Waals surface area contributed by atoms with Gasteiger partial charge in [0, 0.05) is 28.5 Å². The van der Waals surface area contributed by atoms with Gasteiger partial charge in [-0.05, 0) is 34.9 Å². The number of aromatic nitrogens is 1. The van der Waals surface area contributed by atoms with Gasteiger partial charge in [0.15, 0.2) is 6.61 Å². The Labute approximate surface area is 214 Å². The van der Waals surface area contributed by atoms with Crippen LogP contribution in [-0.4, -0.2) is 29.2 Å². The van der Waals surface area contributed by atoms with Crippen LogP contribution in [0.5, 0.6) is 5.75 Å². The van der Waals surface area contributed by atoms with E-state index >= 15 is 0 Å². The van der Waals surface area contributed by atoms with Crippen LogP contribution in [0.25, 0.3) is 22.2 Å². The van der Waals surface area contributed by atoms with Crippen LogP contribution < -0.4 is 21.9 Å². The number of carbonyl (C=O) groups is 1. The number of hydrogen-bond donors (Lipinski definition) is 6. The highest BCUT2D eigenvalue weighted by atomic mass is 35.5.